The molecule has 190 valence electrons. The molecule has 34 heavy (non-hydrogen) atoms. The van der Waals surface area contributed by atoms with Gasteiger partial charge in [-0.15, -0.1) is 0 Å². The lowest BCUT2D eigenvalue weighted by atomic mass is 9.86. The molecule has 1 N–H and O–H groups in total. The van der Waals surface area contributed by atoms with Gasteiger partial charge in [0.25, 0.3) is 0 Å². The normalized spacial score (nSPS) is 23.3. The zero-order valence-electron chi connectivity index (χ0n) is 20.7. The first-order valence-electron chi connectivity index (χ1n) is 12.3. The van der Waals surface area contributed by atoms with Gasteiger partial charge < -0.3 is 10.1 Å². The highest BCUT2D eigenvalue weighted by Crippen LogP contribution is 2.28. The third-order valence-electron chi connectivity index (χ3n) is 6.49. The zero-order valence-corrected chi connectivity index (χ0v) is 21.5. The predicted octanol–water partition coefficient (Wildman–Crippen LogP) is 2.48. The maximum atomic E-state index is 13.2. The topological polar surface area (TPSA) is 96.0 Å². The van der Waals surface area contributed by atoms with E-state index in [0.29, 0.717) is 45.1 Å². The highest BCUT2D eigenvalue weighted by Gasteiger charge is 2.38. The van der Waals surface area contributed by atoms with E-state index in [-0.39, 0.29) is 17.4 Å². The van der Waals surface area contributed by atoms with Crippen LogP contribution in [0.25, 0.3) is 0 Å². The fraction of sp³-hybridized carbons (Fsp3) is 0.680. The fourth-order valence-corrected chi connectivity index (χ4v) is 5.81. The van der Waals surface area contributed by atoms with E-state index in [1.807, 2.05) is 39.0 Å². The van der Waals surface area contributed by atoms with Crippen molar-refractivity contribution in [3.8, 4) is 0 Å². The minimum absolute atomic E-state index is 0.166. The lowest BCUT2D eigenvalue weighted by Gasteiger charge is -2.39. The molecule has 2 aliphatic rings. The van der Waals surface area contributed by atoms with Gasteiger partial charge in [-0.25, -0.2) is 13.2 Å². The van der Waals surface area contributed by atoms with Crippen LogP contribution < -0.4 is 5.32 Å². The number of nitrogens with one attached hydrogen (secondary N) is 1. The van der Waals surface area contributed by atoms with E-state index in [4.69, 9.17) is 4.74 Å². The van der Waals surface area contributed by atoms with Crippen molar-refractivity contribution in [2.45, 2.75) is 58.1 Å². The van der Waals surface area contributed by atoms with Crippen LogP contribution >= 0.6 is 0 Å². The van der Waals surface area contributed by atoms with Crippen molar-refractivity contribution in [3.05, 3.63) is 35.9 Å². The summed E-state index contributed by atoms with van der Waals surface area (Å²) in [6, 6.07) is 9.75. The standard InChI is InChI=1S/C25H39N3O5S/c1-25(2,3)33-24(30)28-13-11-21(10-9-20-7-5-4-6-8-20)19-22(28)23(29)26-12-14-27-15-17-34(31,32)18-16-27/h4-8,21-22H,9-19H2,1-3H3,(H,26,29). The molecule has 2 unspecified atom stereocenters. The van der Waals surface area contributed by atoms with E-state index in [0.717, 1.165) is 19.3 Å². The zero-order chi connectivity index (χ0) is 24.8. The Kier molecular flexibility index (Phi) is 8.98. The van der Waals surface area contributed by atoms with Crippen LogP contribution in [0.2, 0.25) is 0 Å². The summed E-state index contributed by atoms with van der Waals surface area (Å²) in [4.78, 5) is 29.7. The highest BCUT2D eigenvalue weighted by molar-refractivity contribution is 7.91. The van der Waals surface area contributed by atoms with Crippen molar-refractivity contribution < 1.29 is 22.7 Å². The van der Waals surface area contributed by atoms with Crippen LogP contribution in [0.5, 0.6) is 0 Å². The molecule has 2 saturated heterocycles. The molecular weight excluding hydrogens is 454 g/mol. The smallest absolute Gasteiger partial charge is 0.410 e. The van der Waals surface area contributed by atoms with Gasteiger partial charge >= 0.3 is 6.09 Å². The average molecular weight is 494 g/mol. The number of carbonyl (C=O) groups is 2. The molecule has 2 heterocycles. The largest absolute Gasteiger partial charge is 0.444 e. The molecule has 1 aromatic carbocycles. The van der Waals surface area contributed by atoms with E-state index in [1.54, 1.807) is 4.90 Å². The quantitative estimate of drug-likeness (QED) is 0.627. The van der Waals surface area contributed by atoms with Gasteiger partial charge in [0.2, 0.25) is 5.91 Å². The molecular formula is C25H39N3O5S. The minimum Gasteiger partial charge on any atom is -0.444 e. The molecule has 2 fully saturated rings. The Hall–Kier alpha value is -2.13. The van der Waals surface area contributed by atoms with Crippen LogP contribution in [0.15, 0.2) is 30.3 Å². The number of carbonyl (C=O) groups excluding carboxylic acids is 2. The number of sulfone groups is 1. The van der Waals surface area contributed by atoms with E-state index in [1.165, 1.54) is 5.56 Å². The molecule has 3 rings (SSSR count). The number of aryl methyl sites for hydroxylation is 1. The Bertz CT molecular complexity index is 916. The van der Waals surface area contributed by atoms with Gasteiger partial charge in [0.1, 0.15) is 11.6 Å². The van der Waals surface area contributed by atoms with E-state index >= 15 is 0 Å². The first-order valence-corrected chi connectivity index (χ1v) is 14.1. The molecule has 2 amide bonds. The van der Waals surface area contributed by atoms with Crippen LogP contribution in [0.3, 0.4) is 0 Å². The summed E-state index contributed by atoms with van der Waals surface area (Å²) in [6.07, 6.45) is 2.93. The average Bonchev–Trinajstić information content (AvgIpc) is 2.78. The van der Waals surface area contributed by atoms with Crippen molar-refractivity contribution >= 4 is 21.8 Å². The Morgan fingerprint density at radius 3 is 2.41 bits per heavy atom. The SMILES string of the molecule is CC(C)(C)OC(=O)N1CCC(CCc2ccccc2)CC1C(=O)NCCN1CCS(=O)(=O)CC1. The third-order valence-corrected chi connectivity index (χ3v) is 8.10. The maximum absolute atomic E-state index is 13.2. The van der Waals surface area contributed by atoms with Crippen molar-refractivity contribution in [2.24, 2.45) is 5.92 Å². The number of amides is 2. The second-order valence-corrected chi connectivity index (χ2v) is 12.7. The van der Waals surface area contributed by atoms with Crippen LogP contribution in [0.1, 0.15) is 45.6 Å². The molecule has 2 aliphatic heterocycles. The summed E-state index contributed by atoms with van der Waals surface area (Å²) in [5.41, 5.74) is 0.651. The first-order chi connectivity index (χ1) is 16.0. The number of hydrogen-bond acceptors (Lipinski definition) is 6. The van der Waals surface area contributed by atoms with Crippen molar-refractivity contribution in [1.29, 1.82) is 0 Å². The molecule has 0 aliphatic carbocycles. The molecule has 0 aromatic heterocycles. The maximum Gasteiger partial charge on any atom is 0.410 e. The summed E-state index contributed by atoms with van der Waals surface area (Å²) >= 11 is 0. The molecule has 0 spiro atoms. The van der Waals surface area contributed by atoms with Crippen molar-refractivity contribution in [3.63, 3.8) is 0 Å². The number of nitrogens with zero attached hydrogens (tertiary/aromatic N) is 2. The van der Waals surface area contributed by atoms with E-state index < -0.39 is 27.6 Å². The monoisotopic (exact) mass is 493 g/mol. The van der Waals surface area contributed by atoms with Crippen LogP contribution in [-0.2, 0) is 25.8 Å². The molecule has 0 saturated carbocycles. The van der Waals surface area contributed by atoms with Crippen LogP contribution in [0.4, 0.5) is 4.79 Å². The van der Waals surface area contributed by atoms with Gasteiger partial charge in [-0.2, -0.15) is 0 Å². The van der Waals surface area contributed by atoms with E-state index in [2.05, 4.69) is 22.3 Å². The summed E-state index contributed by atoms with van der Waals surface area (Å²) in [5.74, 6) is 0.514. The molecule has 8 nitrogen and oxygen atoms in total. The number of rotatable bonds is 7. The minimum atomic E-state index is -2.92. The fourth-order valence-electron chi connectivity index (χ4n) is 4.53. The molecule has 9 heteroatoms. The summed E-state index contributed by atoms with van der Waals surface area (Å²) < 4.78 is 28.8. The number of benzene rings is 1. The van der Waals surface area contributed by atoms with Gasteiger partial charge in [0, 0.05) is 32.7 Å². The Balaban J connectivity index is 1.57. The molecule has 2 atom stereocenters. The van der Waals surface area contributed by atoms with Crippen LogP contribution in [-0.4, -0.2) is 86.1 Å². The highest BCUT2D eigenvalue weighted by atomic mass is 32.2. The molecule has 0 radical (unpaired) electrons. The van der Waals surface area contributed by atoms with Gasteiger partial charge in [-0.05, 0) is 57.9 Å². The van der Waals surface area contributed by atoms with Crippen molar-refractivity contribution in [1.82, 2.24) is 15.1 Å². The first kappa shape index (κ1) is 26.5. The lowest BCUT2D eigenvalue weighted by molar-refractivity contribution is -0.128. The second kappa shape index (κ2) is 11.5. The number of ether oxygens (including phenoxy) is 1. The second-order valence-electron chi connectivity index (χ2n) is 10.4. The van der Waals surface area contributed by atoms with E-state index in [9.17, 15) is 18.0 Å². The third kappa shape index (κ3) is 8.27. The predicted molar refractivity (Wildman–Crippen MR) is 132 cm³/mol. The Morgan fingerprint density at radius 2 is 1.76 bits per heavy atom. The van der Waals surface area contributed by atoms with Gasteiger partial charge in [-0.1, -0.05) is 30.3 Å². The number of hydrogen-bond donors (Lipinski definition) is 1. The van der Waals surface area contributed by atoms with Crippen LogP contribution in [0, 0.1) is 5.92 Å². The summed E-state index contributed by atoms with van der Waals surface area (Å²) in [5, 5.41) is 2.98. The molecule has 1 aromatic rings. The van der Waals surface area contributed by atoms with Crippen molar-refractivity contribution in [2.75, 3.05) is 44.2 Å². The van der Waals surface area contributed by atoms with Gasteiger partial charge in [-0.3, -0.25) is 14.6 Å². The number of piperidine rings is 1. The van der Waals surface area contributed by atoms with Gasteiger partial charge in [0.05, 0.1) is 11.5 Å². The summed E-state index contributed by atoms with van der Waals surface area (Å²) in [7, 11) is -2.92. The lowest BCUT2D eigenvalue weighted by Crippen LogP contribution is -2.55. The Morgan fingerprint density at radius 1 is 1.09 bits per heavy atom. The molecule has 0 bridgehead atoms. The number of likely N-dealkylation sites (tertiary alicyclic amines) is 1. The summed E-state index contributed by atoms with van der Waals surface area (Å²) in [6.45, 7) is 7.98. The van der Waals surface area contributed by atoms with Gasteiger partial charge in [0.15, 0.2) is 9.84 Å². The Labute approximate surface area is 203 Å².